The fourth-order valence-electron chi connectivity index (χ4n) is 2.17. The summed E-state index contributed by atoms with van der Waals surface area (Å²) in [4.78, 5) is 20.5. The molecule has 4 nitrogen and oxygen atoms in total. The maximum absolute atomic E-state index is 12.6. The fourth-order valence-corrected chi connectivity index (χ4v) is 5.29. The van der Waals surface area contributed by atoms with Crippen molar-refractivity contribution >= 4 is 34.5 Å². The summed E-state index contributed by atoms with van der Waals surface area (Å²) in [6.45, 7) is 0. The second kappa shape index (κ2) is 6.82. The van der Waals surface area contributed by atoms with Crippen molar-refractivity contribution in [3.8, 4) is 0 Å². The molecule has 0 unspecified atom stereocenters. The minimum atomic E-state index is -2.48. The van der Waals surface area contributed by atoms with Gasteiger partial charge in [0.05, 0.1) is 12.4 Å². The molecule has 1 N–H and O–H groups in total. The Hall–Kier alpha value is -2.36. The van der Waals surface area contributed by atoms with E-state index in [0.29, 0.717) is 0 Å². The summed E-state index contributed by atoms with van der Waals surface area (Å²) >= 11 is 5.94. The molecule has 3 rings (SSSR count). The molecule has 1 amide bonds. The highest BCUT2D eigenvalue weighted by Crippen LogP contribution is 2.39. The van der Waals surface area contributed by atoms with Gasteiger partial charge in [0.1, 0.15) is 5.69 Å². The third kappa shape index (κ3) is 3.36. The monoisotopic (exact) mass is 339 g/mol. The second-order valence-electron chi connectivity index (χ2n) is 4.81. The Labute approximate surface area is 139 Å². The molecule has 0 aliphatic heterocycles. The van der Waals surface area contributed by atoms with E-state index in [1.54, 1.807) is 0 Å². The first kappa shape index (κ1) is 15.5. The average molecular weight is 339 g/mol. The zero-order chi connectivity index (χ0) is 16.1. The molecule has 0 saturated carbocycles. The summed E-state index contributed by atoms with van der Waals surface area (Å²) in [5, 5.41) is 4.88. The lowest BCUT2D eigenvalue weighted by atomic mass is 10.4. The van der Waals surface area contributed by atoms with Crippen LogP contribution in [0.1, 0.15) is 10.5 Å². The molecule has 0 atom stereocenters. The van der Waals surface area contributed by atoms with Gasteiger partial charge < -0.3 is 5.09 Å². The van der Waals surface area contributed by atoms with E-state index >= 15 is 0 Å². The third-order valence-electron chi connectivity index (χ3n) is 3.29. The number of aromatic nitrogens is 2. The van der Waals surface area contributed by atoms with E-state index in [4.69, 9.17) is 11.8 Å². The van der Waals surface area contributed by atoms with Crippen LogP contribution in [-0.4, -0.2) is 15.9 Å². The summed E-state index contributed by atoms with van der Waals surface area (Å²) < 4.78 is 0. The first-order chi connectivity index (χ1) is 11.2. The Morgan fingerprint density at radius 2 is 1.48 bits per heavy atom. The van der Waals surface area contributed by atoms with E-state index in [9.17, 15) is 4.79 Å². The molecule has 1 aromatic heterocycles. The highest BCUT2D eigenvalue weighted by Gasteiger charge is 2.25. The molecule has 0 bridgehead atoms. The van der Waals surface area contributed by atoms with Crippen molar-refractivity contribution in [3.63, 3.8) is 0 Å². The number of amides is 1. The van der Waals surface area contributed by atoms with Gasteiger partial charge in [0, 0.05) is 23.0 Å². The maximum Gasteiger partial charge on any atom is 0.275 e. The molecule has 3 aromatic rings. The summed E-state index contributed by atoms with van der Waals surface area (Å²) in [5.74, 6) is -0.311. The zero-order valence-electron chi connectivity index (χ0n) is 12.2. The first-order valence-corrected chi connectivity index (χ1v) is 9.80. The van der Waals surface area contributed by atoms with Gasteiger partial charge in [0.15, 0.2) is 0 Å². The van der Waals surface area contributed by atoms with Crippen molar-refractivity contribution in [2.24, 2.45) is 0 Å². The number of nitrogens with zero attached hydrogens (tertiary/aromatic N) is 2. The maximum atomic E-state index is 12.6. The molecule has 23 heavy (non-hydrogen) atoms. The van der Waals surface area contributed by atoms with Crippen molar-refractivity contribution in [1.82, 2.24) is 15.1 Å². The van der Waals surface area contributed by atoms with Gasteiger partial charge in [-0.25, -0.2) is 4.98 Å². The number of nitrogens with one attached hydrogen (secondary N) is 1. The van der Waals surface area contributed by atoms with Crippen molar-refractivity contribution < 1.29 is 4.79 Å². The fraction of sp³-hybridized carbons (Fsp3) is 0. The van der Waals surface area contributed by atoms with Gasteiger partial charge in [-0.05, 0) is 0 Å². The lowest BCUT2D eigenvalue weighted by Crippen LogP contribution is -2.32. The Bertz CT molecular complexity index is 798. The third-order valence-corrected chi connectivity index (χ3v) is 7.40. The van der Waals surface area contributed by atoms with Crippen LogP contribution in [-0.2, 0) is 11.8 Å². The largest absolute Gasteiger partial charge is 0.316 e. The van der Waals surface area contributed by atoms with Crippen LogP contribution in [0, 0.1) is 0 Å². The summed E-state index contributed by atoms with van der Waals surface area (Å²) in [5.41, 5.74) is 0.258. The molecule has 0 aliphatic carbocycles. The number of benzene rings is 2. The summed E-state index contributed by atoms with van der Waals surface area (Å²) in [6.07, 6.45) is 1.97. The van der Waals surface area contributed by atoms with Crippen molar-refractivity contribution in [1.29, 1.82) is 0 Å². The molecular weight excluding hydrogens is 325 g/mol. The Morgan fingerprint density at radius 3 is 1.96 bits per heavy atom. The number of hydrogen-bond acceptors (Lipinski definition) is 4. The van der Waals surface area contributed by atoms with Crippen LogP contribution < -0.4 is 15.7 Å². The van der Waals surface area contributed by atoms with E-state index in [1.165, 1.54) is 18.6 Å². The highest BCUT2D eigenvalue weighted by molar-refractivity contribution is 8.21. The minimum absolute atomic E-state index is 0.258. The molecule has 114 valence electrons. The predicted octanol–water partition coefficient (Wildman–Crippen LogP) is 2.25. The van der Waals surface area contributed by atoms with E-state index in [1.807, 2.05) is 60.7 Å². The normalized spacial score (nSPS) is 11.0. The van der Waals surface area contributed by atoms with Gasteiger partial charge in [-0.15, -0.1) is 0 Å². The number of rotatable bonds is 4. The smallest absolute Gasteiger partial charge is 0.275 e. The predicted molar refractivity (Wildman–Crippen MR) is 95.9 cm³/mol. The first-order valence-electron chi connectivity index (χ1n) is 7.00. The number of carbonyl (C=O) groups excluding carboxylic acids is 1. The van der Waals surface area contributed by atoms with Crippen LogP contribution in [0.3, 0.4) is 0 Å². The van der Waals surface area contributed by atoms with Gasteiger partial charge >= 0.3 is 0 Å². The molecule has 6 heteroatoms. The molecule has 1 heterocycles. The van der Waals surface area contributed by atoms with Crippen molar-refractivity contribution in [2.45, 2.75) is 0 Å². The van der Waals surface area contributed by atoms with Crippen LogP contribution in [0.5, 0.6) is 0 Å². The minimum Gasteiger partial charge on any atom is -0.316 e. The summed E-state index contributed by atoms with van der Waals surface area (Å²) in [6, 6.07) is 19.4. The molecule has 0 saturated heterocycles. The number of hydrogen-bond donors (Lipinski definition) is 1. The van der Waals surface area contributed by atoms with E-state index in [2.05, 4.69) is 15.1 Å². The van der Waals surface area contributed by atoms with Crippen LogP contribution in [0.25, 0.3) is 0 Å². The molecule has 2 aromatic carbocycles. The second-order valence-corrected chi connectivity index (χ2v) is 8.93. The topological polar surface area (TPSA) is 54.9 Å². The van der Waals surface area contributed by atoms with Crippen LogP contribution in [0.2, 0.25) is 0 Å². The van der Waals surface area contributed by atoms with Gasteiger partial charge in [-0.2, -0.15) is 0 Å². The lowest BCUT2D eigenvalue weighted by molar-refractivity contribution is 0.0977. The number of carbonyl (C=O) groups is 1. The molecule has 0 fully saturated rings. The average Bonchev–Trinajstić information content (AvgIpc) is 2.64. The van der Waals surface area contributed by atoms with Gasteiger partial charge in [-0.3, -0.25) is 9.78 Å². The Balaban J connectivity index is 2.04. The van der Waals surface area contributed by atoms with Crippen molar-refractivity contribution in [3.05, 3.63) is 84.9 Å². The van der Waals surface area contributed by atoms with Gasteiger partial charge in [0.25, 0.3) is 5.91 Å². The SMILES string of the molecule is O=C(NP(=S)(c1ccccc1)c1ccccc1)c1cnccn1. The van der Waals surface area contributed by atoms with Crippen LogP contribution >= 0.6 is 6.19 Å². The van der Waals surface area contributed by atoms with Gasteiger partial charge in [0.2, 0.25) is 0 Å². The Kier molecular flexibility index (Phi) is 4.60. The van der Waals surface area contributed by atoms with Crippen LogP contribution in [0.15, 0.2) is 79.3 Å². The van der Waals surface area contributed by atoms with E-state index in [-0.39, 0.29) is 11.6 Å². The van der Waals surface area contributed by atoms with E-state index < -0.39 is 6.19 Å². The molecular formula is C17H14N3OPS. The standard InChI is InChI=1S/C17H14N3OPS/c21-17(16-13-18-11-12-19-16)20-22(23,14-7-3-1-4-8-14)15-9-5-2-6-10-15/h1-13H,(H,20,21,23). The van der Waals surface area contributed by atoms with Crippen molar-refractivity contribution in [2.75, 3.05) is 0 Å². The van der Waals surface area contributed by atoms with E-state index in [0.717, 1.165) is 10.6 Å². The Morgan fingerprint density at radius 1 is 0.913 bits per heavy atom. The molecule has 0 spiro atoms. The zero-order valence-corrected chi connectivity index (χ0v) is 13.9. The highest BCUT2D eigenvalue weighted by atomic mass is 32.4. The molecule has 0 radical (unpaired) electrons. The molecule has 0 aliphatic rings. The van der Waals surface area contributed by atoms with Crippen LogP contribution in [0.4, 0.5) is 0 Å². The van der Waals surface area contributed by atoms with Gasteiger partial charge in [-0.1, -0.05) is 72.5 Å². The quantitative estimate of drug-likeness (QED) is 0.741. The summed E-state index contributed by atoms with van der Waals surface area (Å²) in [7, 11) is 0. The lowest BCUT2D eigenvalue weighted by Gasteiger charge is -2.24.